The molecule has 0 spiro atoms. The van der Waals surface area contributed by atoms with Gasteiger partial charge in [-0.15, -0.1) is 0 Å². The molecule has 1 heterocycles. The predicted molar refractivity (Wildman–Crippen MR) is 66.9 cm³/mol. The monoisotopic (exact) mass is 314 g/mol. The number of rotatable bonds is 8. The normalized spacial score (nSPS) is 32.5. The smallest absolute Gasteiger partial charge is 0.548 e. The van der Waals surface area contributed by atoms with Gasteiger partial charge in [-0.2, -0.15) is 0 Å². The van der Waals surface area contributed by atoms with Crippen molar-refractivity contribution in [3.8, 4) is 0 Å². The van der Waals surface area contributed by atoms with Gasteiger partial charge in [0.1, 0.15) is 6.10 Å². The zero-order chi connectivity index (χ0) is 15.1. The van der Waals surface area contributed by atoms with Crippen molar-refractivity contribution in [3.63, 3.8) is 0 Å². The van der Waals surface area contributed by atoms with Crippen LogP contribution in [0.5, 0.6) is 0 Å². The fourth-order valence-corrected chi connectivity index (χ4v) is 2.62. The van der Waals surface area contributed by atoms with Crippen LogP contribution in [0.3, 0.4) is 0 Å². The summed E-state index contributed by atoms with van der Waals surface area (Å²) >= 11 is 0. The molecule has 1 aliphatic heterocycles. The van der Waals surface area contributed by atoms with Crippen molar-refractivity contribution in [3.05, 3.63) is 0 Å². The third-order valence-corrected chi connectivity index (χ3v) is 3.55. The van der Waals surface area contributed by atoms with Crippen LogP contribution in [0.2, 0.25) is 0 Å². The van der Waals surface area contributed by atoms with Crippen LogP contribution in [0, 0.1) is 5.92 Å². The first-order valence-corrected chi connectivity index (χ1v) is 6.60. The Labute approximate surface area is 147 Å². The van der Waals surface area contributed by atoms with E-state index >= 15 is 0 Å². The van der Waals surface area contributed by atoms with Gasteiger partial charge in [0.25, 0.3) is 0 Å². The second-order valence-electron chi connectivity index (χ2n) is 4.64. The fourth-order valence-electron chi connectivity index (χ4n) is 2.62. The number of hydrogen-bond acceptors (Lipinski definition) is 7. The molecule has 0 saturated carbocycles. The standard InChI is InChI=1S/C13H24O7.Na/c1-5-8-9(6-19-7-10(14)15)20-13(18-4)12(17-3)11(8)16-2;/h8-9,11-13H,5-7H2,1-4H3,(H,14,15);/q;+1/p-1. The Morgan fingerprint density at radius 2 is 1.76 bits per heavy atom. The maximum atomic E-state index is 10.4. The van der Waals surface area contributed by atoms with E-state index < -0.39 is 18.9 Å². The molecule has 21 heavy (non-hydrogen) atoms. The Morgan fingerprint density at radius 1 is 1.14 bits per heavy atom. The van der Waals surface area contributed by atoms with Crippen LogP contribution in [0.15, 0.2) is 0 Å². The van der Waals surface area contributed by atoms with Crippen molar-refractivity contribution >= 4 is 5.97 Å². The van der Waals surface area contributed by atoms with Crippen LogP contribution in [0.25, 0.3) is 0 Å². The first-order valence-electron chi connectivity index (χ1n) is 6.60. The Bertz CT molecular complexity index is 302. The molecule has 118 valence electrons. The molecule has 0 aromatic carbocycles. The molecule has 5 atom stereocenters. The van der Waals surface area contributed by atoms with Crippen molar-refractivity contribution in [2.45, 2.75) is 37.9 Å². The molecule has 1 saturated heterocycles. The third kappa shape index (κ3) is 5.76. The number of carboxylic acid groups (broad SMARTS) is 1. The van der Waals surface area contributed by atoms with Gasteiger partial charge in [-0.1, -0.05) is 6.92 Å². The Kier molecular flexibility index (Phi) is 11.0. The summed E-state index contributed by atoms with van der Waals surface area (Å²) in [5.41, 5.74) is 0. The molecular weight excluding hydrogens is 291 g/mol. The van der Waals surface area contributed by atoms with Gasteiger partial charge >= 0.3 is 29.6 Å². The van der Waals surface area contributed by atoms with E-state index in [2.05, 4.69) is 0 Å². The van der Waals surface area contributed by atoms with Crippen LogP contribution < -0.4 is 34.7 Å². The number of aliphatic carboxylic acids is 1. The molecule has 1 rings (SSSR count). The number of carbonyl (C=O) groups excluding carboxylic acids is 1. The topological polar surface area (TPSA) is 86.3 Å². The molecule has 0 radical (unpaired) electrons. The van der Waals surface area contributed by atoms with Crippen LogP contribution in [0.1, 0.15) is 13.3 Å². The van der Waals surface area contributed by atoms with Crippen LogP contribution >= 0.6 is 0 Å². The minimum absolute atomic E-state index is 0. The maximum Gasteiger partial charge on any atom is 1.00 e. The summed E-state index contributed by atoms with van der Waals surface area (Å²) in [5, 5.41) is 10.4. The van der Waals surface area contributed by atoms with Gasteiger partial charge in [0, 0.05) is 27.2 Å². The van der Waals surface area contributed by atoms with Crippen LogP contribution in [-0.4, -0.2) is 65.1 Å². The molecule has 5 unspecified atom stereocenters. The van der Waals surface area contributed by atoms with Crippen molar-refractivity contribution in [1.82, 2.24) is 0 Å². The number of carbonyl (C=O) groups is 1. The number of methoxy groups -OCH3 is 3. The maximum absolute atomic E-state index is 10.4. The minimum Gasteiger partial charge on any atom is -0.548 e. The largest absolute Gasteiger partial charge is 1.00 e. The SMILES string of the molecule is CCC1C(COCC(=O)[O-])OC(OC)C(OC)C1OC.[Na+]. The van der Waals surface area contributed by atoms with Gasteiger partial charge in [0.2, 0.25) is 0 Å². The van der Waals surface area contributed by atoms with Gasteiger partial charge in [-0.3, -0.25) is 0 Å². The fraction of sp³-hybridized carbons (Fsp3) is 0.923. The summed E-state index contributed by atoms with van der Waals surface area (Å²) in [6.07, 6.45) is -0.661. The summed E-state index contributed by atoms with van der Waals surface area (Å²) < 4.78 is 27.1. The predicted octanol–water partition coefficient (Wildman–Crippen LogP) is -3.82. The summed E-state index contributed by atoms with van der Waals surface area (Å²) in [4.78, 5) is 10.4. The minimum atomic E-state index is -1.25. The zero-order valence-corrected chi connectivity index (χ0v) is 15.4. The molecule has 0 aliphatic carbocycles. The Morgan fingerprint density at radius 3 is 2.19 bits per heavy atom. The van der Waals surface area contributed by atoms with E-state index in [1.54, 1.807) is 14.2 Å². The summed E-state index contributed by atoms with van der Waals surface area (Å²) in [6.45, 7) is 1.69. The van der Waals surface area contributed by atoms with Crippen molar-refractivity contribution < 1.29 is 63.1 Å². The van der Waals surface area contributed by atoms with Crippen LogP contribution in [0.4, 0.5) is 0 Å². The molecule has 8 heteroatoms. The van der Waals surface area contributed by atoms with Crippen molar-refractivity contribution in [2.75, 3.05) is 34.5 Å². The second-order valence-corrected chi connectivity index (χ2v) is 4.64. The number of hydrogen-bond donors (Lipinski definition) is 0. The van der Waals surface area contributed by atoms with Gasteiger partial charge in [-0.05, 0) is 6.42 Å². The molecule has 0 aromatic heterocycles. The summed E-state index contributed by atoms with van der Waals surface area (Å²) in [5.74, 6) is -1.23. The molecule has 0 N–H and O–H groups in total. The molecule has 7 nitrogen and oxygen atoms in total. The van der Waals surface area contributed by atoms with E-state index in [1.807, 2.05) is 6.92 Å². The molecule has 0 bridgehead atoms. The molecule has 0 aromatic rings. The summed E-state index contributed by atoms with van der Waals surface area (Å²) in [7, 11) is 4.71. The van der Waals surface area contributed by atoms with E-state index in [0.717, 1.165) is 6.42 Å². The van der Waals surface area contributed by atoms with Crippen molar-refractivity contribution in [1.29, 1.82) is 0 Å². The van der Waals surface area contributed by atoms with E-state index in [9.17, 15) is 9.90 Å². The van der Waals surface area contributed by atoms with E-state index in [-0.39, 0.29) is 60.4 Å². The van der Waals surface area contributed by atoms with Crippen LogP contribution in [-0.2, 0) is 28.5 Å². The van der Waals surface area contributed by atoms with E-state index in [4.69, 9.17) is 23.7 Å². The summed E-state index contributed by atoms with van der Waals surface area (Å²) in [6, 6.07) is 0. The zero-order valence-electron chi connectivity index (χ0n) is 13.4. The average molecular weight is 314 g/mol. The first-order chi connectivity index (χ1) is 9.58. The molecule has 0 amide bonds. The average Bonchev–Trinajstić information content (AvgIpc) is 2.44. The number of ether oxygens (including phenoxy) is 5. The quantitative estimate of drug-likeness (QED) is 0.425. The van der Waals surface area contributed by atoms with E-state index in [1.165, 1.54) is 7.11 Å². The van der Waals surface area contributed by atoms with Gasteiger partial charge in [0.15, 0.2) is 6.29 Å². The molecule has 1 aliphatic rings. The second kappa shape index (κ2) is 10.9. The number of carboxylic acids is 1. The Hall–Kier alpha value is 0.270. The van der Waals surface area contributed by atoms with Gasteiger partial charge < -0.3 is 33.6 Å². The third-order valence-electron chi connectivity index (χ3n) is 3.55. The molecule has 1 fully saturated rings. The van der Waals surface area contributed by atoms with E-state index in [0.29, 0.717) is 0 Å². The van der Waals surface area contributed by atoms with Gasteiger partial charge in [-0.25, -0.2) is 0 Å². The van der Waals surface area contributed by atoms with Gasteiger partial charge in [0.05, 0.1) is 31.4 Å². The Balaban J connectivity index is 0.00000400. The molecular formula is C13H23NaO7. The first kappa shape index (κ1) is 21.3. The van der Waals surface area contributed by atoms with Crippen molar-refractivity contribution in [2.24, 2.45) is 5.92 Å².